The average molecular weight is 361 g/mol. The lowest BCUT2D eigenvalue weighted by Gasteiger charge is -2.36. The Labute approximate surface area is 147 Å². The fraction of sp³-hybridized carbons (Fsp3) is 0.667. The molecule has 8 heteroatoms. The molecule has 23 heavy (non-hydrogen) atoms. The van der Waals surface area contributed by atoms with E-state index in [2.05, 4.69) is 15.6 Å². The normalized spacial score (nSPS) is 16.3. The summed E-state index contributed by atoms with van der Waals surface area (Å²) in [6.07, 6.45) is 5.24. The molecule has 0 radical (unpaired) electrons. The van der Waals surface area contributed by atoms with E-state index in [1.54, 1.807) is 5.38 Å². The lowest BCUT2D eigenvalue weighted by atomic mass is 9.80. The van der Waals surface area contributed by atoms with Gasteiger partial charge in [0.25, 0.3) is 5.91 Å². The molecule has 4 N–H and O–H groups in total. The van der Waals surface area contributed by atoms with E-state index < -0.39 is 5.54 Å². The van der Waals surface area contributed by atoms with Crippen LogP contribution in [0.15, 0.2) is 5.38 Å². The highest BCUT2D eigenvalue weighted by Gasteiger charge is 2.41. The van der Waals surface area contributed by atoms with Gasteiger partial charge in [0.1, 0.15) is 16.2 Å². The number of amides is 2. The molecule has 1 saturated carbocycles. The predicted octanol–water partition coefficient (Wildman–Crippen LogP) is 1.98. The second-order valence-corrected chi connectivity index (χ2v) is 6.63. The van der Waals surface area contributed by atoms with Crippen molar-refractivity contribution < 1.29 is 9.59 Å². The quantitative estimate of drug-likeness (QED) is 0.722. The molecule has 6 nitrogen and oxygen atoms in total. The van der Waals surface area contributed by atoms with Crippen molar-refractivity contribution in [2.45, 2.75) is 57.5 Å². The number of thiazole rings is 1. The van der Waals surface area contributed by atoms with Crippen molar-refractivity contribution in [1.29, 1.82) is 0 Å². The molecule has 1 fully saturated rings. The second-order valence-electron chi connectivity index (χ2n) is 5.68. The van der Waals surface area contributed by atoms with Gasteiger partial charge in [0.2, 0.25) is 5.91 Å². The van der Waals surface area contributed by atoms with Crippen LogP contribution in [0.2, 0.25) is 0 Å². The van der Waals surface area contributed by atoms with E-state index in [4.69, 9.17) is 5.73 Å². The Balaban J connectivity index is 0.00000264. The summed E-state index contributed by atoms with van der Waals surface area (Å²) in [5.74, 6) is -0.360. The first-order valence-electron chi connectivity index (χ1n) is 7.86. The fourth-order valence-corrected chi connectivity index (χ4v) is 3.42. The van der Waals surface area contributed by atoms with Crippen LogP contribution in [0, 0.1) is 0 Å². The SMILES string of the molecule is CCCNC(=O)C1(NC(=O)c2csc(CN)n2)CCCCC1.Cl. The van der Waals surface area contributed by atoms with Crippen molar-refractivity contribution in [2.75, 3.05) is 6.54 Å². The van der Waals surface area contributed by atoms with E-state index in [0.29, 0.717) is 31.6 Å². The third-order valence-electron chi connectivity index (χ3n) is 3.99. The predicted molar refractivity (Wildman–Crippen MR) is 93.8 cm³/mol. The smallest absolute Gasteiger partial charge is 0.271 e. The van der Waals surface area contributed by atoms with Gasteiger partial charge in [-0.15, -0.1) is 23.7 Å². The number of carbonyl (C=O) groups is 2. The highest BCUT2D eigenvalue weighted by molar-refractivity contribution is 7.09. The zero-order valence-corrected chi connectivity index (χ0v) is 15.0. The first kappa shape index (κ1) is 19.9. The van der Waals surface area contributed by atoms with Crippen LogP contribution in [-0.2, 0) is 11.3 Å². The number of nitrogens with zero attached hydrogens (tertiary/aromatic N) is 1. The van der Waals surface area contributed by atoms with E-state index in [1.807, 2.05) is 6.92 Å². The average Bonchev–Trinajstić information content (AvgIpc) is 3.02. The zero-order valence-electron chi connectivity index (χ0n) is 13.4. The zero-order chi connectivity index (χ0) is 16.0. The van der Waals surface area contributed by atoms with Gasteiger partial charge in [0.05, 0.1) is 0 Å². The van der Waals surface area contributed by atoms with Gasteiger partial charge in [0.15, 0.2) is 0 Å². The van der Waals surface area contributed by atoms with Crippen LogP contribution < -0.4 is 16.4 Å². The maximum Gasteiger partial charge on any atom is 0.271 e. The van der Waals surface area contributed by atoms with Gasteiger partial charge in [-0.2, -0.15) is 0 Å². The highest BCUT2D eigenvalue weighted by atomic mass is 35.5. The maximum atomic E-state index is 12.5. The van der Waals surface area contributed by atoms with E-state index in [0.717, 1.165) is 30.7 Å². The van der Waals surface area contributed by atoms with Gasteiger partial charge < -0.3 is 16.4 Å². The minimum Gasteiger partial charge on any atom is -0.354 e. The van der Waals surface area contributed by atoms with Crippen LogP contribution >= 0.6 is 23.7 Å². The topological polar surface area (TPSA) is 97.1 Å². The number of hydrogen-bond acceptors (Lipinski definition) is 5. The standard InChI is InChI=1S/C15H24N4O2S.ClH/c1-2-8-17-14(21)15(6-4-3-5-7-15)19-13(20)11-10-22-12(9-16)18-11;/h10H,2-9,16H2,1H3,(H,17,21)(H,19,20);1H. The largest absolute Gasteiger partial charge is 0.354 e. The van der Waals surface area contributed by atoms with Crippen molar-refractivity contribution in [3.63, 3.8) is 0 Å². The van der Waals surface area contributed by atoms with Gasteiger partial charge in [0, 0.05) is 18.5 Å². The Morgan fingerprint density at radius 2 is 2.04 bits per heavy atom. The van der Waals surface area contributed by atoms with Crippen molar-refractivity contribution in [1.82, 2.24) is 15.6 Å². The third kappa shape index (κ3) is 4.89. The van der Waals surface area contributed by atoms with Crippen LogP contribution in [-0.4, -0.2) is 28.9 Å². The molecular weight excluding hydrogens is 336 g/mol. The Hall–Kier alpha value is -1.18. The Morgan fingerprint density at radius 3 is 2.61 bits per heavy atom. The molecule has 0 aromatic carbocycles. The number of aromatic nitrogens is 1. The number of halogens is 1. The summed E-state index contributed by atoms with van der Waals surface area (Å²) in [7, 11) is 0. The lowest BCUT2D eigenvalue weighted by molar-refractivity contribution is -0.128. The third-order valence-corrected chi connectivity index (χ3v) is 4.86. The fourth-order valence-electron chi connectivity index (χ4n) is 2.76. The Morgan fingerprint density at radius 1 is 1.35 bits per heavy atom. The minimum absolute atomic E-state index is 0. The van der Waals surface area contributed by atoms with Crippen LogP contribution in [0.3, 0.4) is 0 Å². The van der Waals surface area contributed by atoms with E-state index in [1.165, 1.54) is 11.3 Å². The summed E-state index contributed by atoms with van der Waals surface area (Å²) < 4.78 is 0. The van der Waals surface area contributed by atoms with Crippen LogP contribution in [0.5, 0.6) is 0 Å². The Bertz CT molecular complexity index is 529. The van der Waals surface area contributed by atoms with Crippen molar-refractivity contribution in [3.05, 3.63) is 16.1 Å². The van der Waals surface area contributed by atoms with Gasteiger partial charge >= 0.3 is 0 Å². The first-order chi connectivity index (χ1) is 10.6. The summed E-state index contributed by atoms with van der Waals surface area (Å²) in [5, 5.41) is 8.28. The van der Waals surface area contributed by atoms with Gasteiger partial charge in [-0.25, -0.2) is 4.98 Å². The van der Waals surface area contributed by atoms with Gasteiger partial charge in [-0.3, -0.25) is 9.59 Å². The highest BCUT2D eigenvalue weighted by Crippen LogP contribution is 2.29. The van der Waals surface area contributed by atoms with Crippen LogP contribution in [0.4, 0.5) is 0 Å². The first-order valence-corrected chi connectivity index (χ1v) is 8.74. The Kier molecular flexibility index (Phi) is 7.94. The summed E-state index contributed by atoms with van der Waals surface area (Å²) >= 11 is 1.36. The molecule has 0 aliphatic heterocycles. The molecule has 0 saturated heterocycles. The summed E-state index contributed by atoms with van der Waals surface area (Å²) in [5.41, 5.74) is 5.08. The molecule has 0 atom stereocenters. The van der Waals surface area contributed by atoms with Gasteiger partial charge in [-0.1, -0.05) is 26.2 Å². The molecule has 0 spiro atoms. The molecule has 1 aliphatic carbocycles. The number of hydrogen-bond donors (Lipinski definition) is 3. The lowest BCUT2D eigenvalue weighted by Crippen LogP contribution is -2.59. The molecule has 0 unspecified atom stereocenters. The minimum atomic E-state index is -0.795. The number of nitrogens with one attached hydrogen (secondary N) is 2. The molecule has 1 aromatic rings. The van der Waals surface area contributed by atoms with Crippen molar-refractivity contribution in [3.8, 4) is 0 Å². The molecule has 1 heterocycles. The number of rotatable bonds is 6. The molecule has 0 bridgehead atoms. The van der Waals surface area contributed by atoms with Crippen LogP contribution in [0.25, 0.3) is 0 Å². The monoisotopic (exact) mass is 360 g/mol. The van der Waals surface area contributed by atoms with E-state index in [-0.39, 0.29) is 24.2 Å². The molecule has 1 aliphatic rings. The molecule has 130 valence electrons. The van der Waals surface area contributed by atoms with Crippen LogP contribution in [0.1, 0.15) is 60.9 Å². The molecule has 1 aromatic heterocycles. The summed E-state index contributed by atoms with van der Waals surface area (Å²) in [6.45, 7) is 2.96. The molecule has 2 rings (SSSR count). The second kappa shape index (κ2) is 9.20. The summed E-state index contributed by atoms with van der Waals surface area (Å²) in [4.78, 5) is 29.2. The van der Waals surface area contributed by atoms with Crippen molar-refractivity contribution >= 4 is 35.6 Å². The van der Waals surface area contributed by atoms with E-state index >= 15 is 0 Å². The number of carbonyl (C=O) groups excluding carboxylic acids is 2. The maximum absolute atomic E-state index is 12.5. The number of nitrogens with two attached hydrogens (primary N) is 1. The summed E-state index contributed by atoms with van der Waals surface area (Å²) in [6, 6.07) is 0. The van der Waals surface area contributed by atoms with Crippen molar-refractivity contribution in [2.24, 2.45) is 5.73 Å². The molecule has 2 amide bonds. The van der Waals surface area contributed by atoms with E-state index in [9.17, 15) is 9.59 Å². The molecular formula is C15H25ClN4O2S. The van der Waals surface area contributed by atoms with Gasteiger partial charge in [-0.05, 0) is 19.3 Å².